The molecular formula is C19H23N3O. The summed E-state index contributed by atoms with van der Waals surface area (Å²) in [5.41, 5.74) is 5.49. The minimum atomic E-state index is -0.161. The first-order chi connectivity index (χ1) is 11.1. The van der Waals surface area contributed by atoms with Crippen LogP contribution < -0.4 is 10.7 Å². The Morgan fingerprint density at radius 1 is 1.00 bits per heavy atom. The Bertz CT molecular complexity index is 636. The zero-order chi connectivity index (χ0) is 16.5. The van der Waals surface area contributed by atoms with E-state index in [2.05, 4.69) is 29.7 Å². The highest BCUT2D eigenvalue weighted by atomic mass is 16.2. The first-order valence-corrected chi connectivity index (χ1v) is 7.85. The van der Waals surface area contributed by atoms with Gasteiger partial charge in [-0.1, -0.05) is 62.4 Å². The van der Waals surface area contributed by atoms with Crippen molar-refractivity contribution in [2.24, 2.45) is 11.0 Å². The van der Waals surface area contributed by atoms with Gasteiger partial charge in [0, 0.05) is 5.69 Å². The lowest BCUT2D eigenvalue weighted by Gasteiger charge is -2.10. The fraction of sp³-hybridized carbons (Fsp3) is 0.263. The average Bonchev–Trinajstić information content (AvgIpc) is 2.58. The van der Waals surface area contributed by atoms with Gasteiger partial charge in [-0.15, -0.1) is 0 Å². The van der Waals surface area contributed by atoms with E-state index in [-0.39, 0.29) is 12.5 Å². The van der Waals surface area contributed by atoms with E-state index in [4.69, 9.17) is 0 Å². The summed E-state index contributed by atoms with van der Waals surface area (Å²) in [6.07, 6.45) is 0.816. The van der Waals surface area contributed by atoms with Crippen LogP contribution in [0.25, 0.3) is 0 Å². The van der Waals surface area contributed by atoms with Crippen LogP contribution >= 0.6 is 0 Å². The molecular weight excluding hydrogens is 286 g/mol. The van der Waals surface area contributed by atoms with E-state index in [9.17, 15) is 4.79 Å². The topological polar surface area (TPSA) is 53.5 Å². The fourth-order valence-corrected chi connectivity index (χ4v) is 2.15. The number of anilines is 1. The molecule has 0 radical (unpaired) electrons. The normalized spacial score (nSPS) is 11.3. The van der Waals surface area contributed by atoms with Gasteiger partial charge in [0.05, 0.1) is 12.3 Å². The first-order valence-electron chi connectivity index (χ1n) is 7.85. The molecule has 0 aliphatic carbocycles. The molecule has 4 nitrogen and oxygen atoms in total. The largest absolute Gasteiger partial charge is 0.376 e. The van der Waals surface area contributed by atoms with Crippen molar-refractivity contribution in [3.8, 4) is 0 Å². The minimum Gasteiger partial charge on any atom is -0.376 e. The van der Waals surface area contributed by atoms with Crippen LogP contribution in [0.4, 0.5) is 5.69 Å². The number of carbonyl (C=O) groups is 1. The standard InChI is InChI=1S/C19H23N3O/c1-15(2)13-18(16-9-5-3-6-10-16)21-22-19(23)14-20-17-11-7-4-8-12-17/h3-12,15,20H,13-14H2,1-2H3,(H,22,23)/b21-18-. The molecule has 0 bridgehead atoms. The van der Waals surface area contributed by atoms with Crippen molar-refractivity contribution in [1.82, 2.24) is 5.43 Å². The number of hydrogen-bond acceptors (Lipinski definition) is 3. The van der Waals surface area contributed by atoms with Crippen LogP contribution in [-0.2, 0) is 4.79 Å². The predicted octanol–water partition coefficient (Wildman–Crippen LogP) is 3.67. The Labute approximate surface area is 137 Å². The smallest absolute Gasteiger partial charge is 0.259 e. The zero-order valence-electron chi connectivity index (χ0n) is 13.6. The van der Waals surface area contributed by atoms with Gasteiger partial charge in [-0.2, -0.15) is 5.10 Å². The minimum absolute atomic E-state index is 0.161. The summed E-state index contributed by atoms with van der Waals surface area (Å²) >= 11 is 0. The lowest BCUT2D eigenvalue weighted by molar-refractivity contribution is -0.119. The maximum Gasteiger partial charge on any atom is 0.259 e. The summed E-state index contributed by atoms with van der Waals surface area (Å²) in [5, 5.41) is 7.39. The molecule has 1 amide bonds. The van der Waals surface area contributed by atoms with E-state index in [0.29, 0.717) is 5.92 Å². The van der Waals surface area contributed by atoms with E-state index in [1.54, 1.807) is 0 Å². The van der Waals surface area contributed by atoms with Gasteiger partial charge in [-0.05, 0) is 30.0 Å². The second-order valence-electron chi connectivity index (χ2n) is 5.78. The second kappa shape index (κ2) is 8.73. The van der Waals surface area contributed by atoms with Crippen LogP contribution in [0.15, 0.2) is 65.8 Å². The van der Waals surface area contributed by atoms with Crippen molar-refractivity contribution >= 4 is 17.3 Å². The monoisotopic (exact) mass is 309 g/mol. The molecule has 0 aromatic heterocycles. The molecule has 0 unspecified atom stereocenters. The van der Waals surface area contributed by atoms with E-state index in [0.717, 1.165) is 23.4 Å². The molecule has 2 aromatic carbocycles. The van der Waals surface area contributed by atoms with Gasteiger partial charge in [0.25, 0.3) is 5.91 Å². The van der Waals surface area contributed by atoms with Gasteiger partial charge in [-0.25, -0.2) is 5.43 Å². The number of amides is 1. The second-order valence-corrected chi connectivity index (χ2v) is 5.78. The number of hydrogen-bond donors (Lipinski definition) is 2. The van der Waals surface area contributed by atoms with Crippen LogP contribution in [0.2, 0.25) is 0 Å². The van der Waals surface area contributed by atoms with Crippen molar-refractivity contribution in [3.05, 3.63) is 66.2 Å². The van der Waals surface area contributed by atoms with Gasteiger partial charge in [-0.3, -0.25) is 4.79 Å². The highest BCUT2D eigenvalue weighted by Crippen LogP contribution is 2.10. The van der Waals surface area contributed by atoms with Crippen molar-refractivity contribution in [2.75, 3.05) is 11.9 Å². The van der Waals surface area contributed by atoms with E-state index >= 15 is 0 Å². The molecule has 0 aliphatic rings. The van der Waals surface area contributed by atoms with Crippen molar-refractivity contribution < 1.29 is 4.79 Å². The Morgan fingerprint density at radius 3 is 2.22 bits per heavy atom. The zero-order valence-corrected chi connectivity index (χ0v) is 13.6. The highest BCUT2D eigenvalue weighted by Gasteiger charge is 2.07. The van der Waals surface area contributed by atoms with Crippen LogP contribution in [-0.4, -0.2) is 18.2 Å². The number of nitrogens with zero attached hydrogens (tertiary/aromatic N) is 1. The Hall–Kier alpha value is -2.62. The Kier molecular flexibility index (Phi) is 6.36. The van der Waals surface area contributed by atoms with E-state index < -0.39 is 0 Å². The van der Waals surface area contributed by atoms with Crippen LogP contribution in [0, 0.1) is 5.92 Å². The lowest BCUT2D eigenvalue weighted by atomic mass is 10.0. The molecule has 0 fully saturated rings. The third kappa shape index (κ3) is 5.94. The first kappa shape index (κ1) is 16.7. The van der Waals surface area contributed by atoms with Crippen molar-refractivity contribution in [3.63, 3.8) is 0 Å². The quantitative estimate of drug-likeness (QED) is 0.606. The summed E-state index contributed by atoms with van der Waals surface area (Å²) in [5.74, 6) is 0.305. The highest BCUT2D eigenvalue weighted by molar-refractivity contribution is 6.01. The van der Waals surface area contributed by atoms with Gasteiger partial charge < -0.3 is 5.32 Å². The lowest BCUT2D eigenvalue weighted by Crippen LogP contribution is -2.27. The number of hydrazone groups is 1. The summed E-state index contributed by atoms with van der Waals surface area (Å²) in [6, 6.07) is 19.6. The third-order valence-electron chi connectivity index (χ3n) is 3.25. The molecule has 0 saturated heterocycles. The van der Waals surface area contributed by atoms with Gasteiger partial charge in [0.1, 0.15) is 0 Å². The molecule has 23 heavy (non-hydrogen) atoms. The predicted molar refractivity (Wildman–Crippen MR) is 95.5 cm³/mol. The molecule has 0 saturated carbocycles. The summed E-state index contributed by atoms with van der Waals surface area (Å²) in [4.78, 5) is 12.0. The van der Waals surface area contributed by atoms with E-state index in [1.807, 2.05) is 60.7 Å². The maximum atomic E-state index is 12.0. The summed E-state index contributed by atoms with van der Waals surface area (Å²) in [6.45, 7) is 4.46. The van der Waals surface area contributed by atoms with Crippen molar-refractivity contribution in [1.29, 1.82) is 0 Å². The molecule has 0 spiro atoms. The molecule has 0 aliphatic heterocycles. The van der Waals surface area contributed by atoms with Crippen LogP contribution in [0.1, 0.15) is 25.8 Å². The Balaban J connectivity index is 1.95. The molecule has 2 N–H and O–H groups in total. The number of nitrogens with one attached hydrogen (secondary N) is 2. The number of para-hydroxylation sites is 1. The summed E-state index contributed by atoms with van der Waals surface area (Å²) < 4.78 is 0. The number of rotatable bonds is 7. The van der Waals surface area contributed by atoms with Gasteiger partial charge >= 0.3 is 0 Å². The maximum absolute atomic E-state index is 12.0. The third-order valence-corrected chi connectivity index (χ3v) is 3.25. The Morgan fingerprint density at radius 2 is 1.61 bits per heavy atom. The van der Waals surface area contributed by atoms with E-state index in [1.165, 1.54) is 0 Å². The van der Waals surface area contributed by atoms with Crippen LogP contribution in [0.5, 0.6) is 0 Å². The van der Waals surface area contributed by atoms with Crippen LogP contribution in [0.3, 0.4) is 0 Å². The number of carbonyl (C=O) groups excluding carboxylic acids is 1. The SMILES string of the molecule is CC(C)C/C(=N/NC(=O)CNc1ccccc1)c1ccccc1. The molecule has 0 atom stereocenters. The number of benzene rings is 2. The molecule has 4 heteroatoms. The van der Waals surface area contributed by atoms with Gasteiger partial charge in [0.15, 0.2) is 0 Å². The molecule has 120 valence electrons. The molecule has 2 rings (SSSR count). The average molecular weight is 309 g/mol. The fourth-order valence-electron chi connectivity index (χ4n) is 2.15. The summed E-state index contributed by atoms with van der Waals surface area (Å²) in [7, 11) is 0. The molecule has 0 heterocycles. The molecule has 2 aromatic rings. The van der Waals surface area contributed by atoms with Crippen molar-refractivity contribution in [2.45, 2.75) is 20.3 Å². The van der Waals surface area contributed by atoms with Gasteiger partial charge in [0.2, 0.25) is 0 Å².